The summed E-state index contributed by atoms with van der Waals surface area (Å²) in [5.74, 6) is 0. The third-order valence-corrected chi connectivity index (χ3v) is 5.91. The van der Waals surface area contributed by atoms with Crippen molar-refractivity contribution < 1.29 is 18.9 Å². The molecule has 1 aliphatic rings. The van der Waals surface area contributed by atoms with E-state index in [0.29, 0.717) is 26.4 Å². The van der Waals surface area contributed by atoms with Gasteiger partial charge in [-0.1, -0.05) is 64.7 Å². The molecule has 0 saturated carbocycles. The Bertz CT molecular complexity index is 340. The lowest BCUT2D eigenvalue weighted by atomic mass is 10.1. The summed E-state index contributed by atoms with van der Waals surface area (Å²) in [6.45, 7) is 12.9. The maximum Gasteiger partial charge on any atom is 0.0701 e. The smallest absolute Gasteiger partial charge is 0.0701 e. The second kappa shape index (κ2) is 22.9. The first-order valence-electron chi connectivity index (χ1n) is 13.0. The van der Waals surface area contributed by atoms with Gasteiger partial charge in [0.05, 0.1) is 52.9 Å². The van der Waals surface area contributed by atoms with E-state index in [1.165, 1.54) is 64.2 Å². The minimum absolute atomic E-state index is 0.673. The summed E-state index contributed by atoms with van der Waals surface area (Å²) in [5.41, 5.74) is 0. The Morgan fingerprint density at radius 3 is 1.32 bits per heavy atom. The Morgan fingerprint density at radius 1 is 0.484 bits per heavy atom. The minimum atomic E-state index is 0.673. The molecule has 31 heavy (non-hydrogen) atoms. The molecule has 1 saturated heterocycles. The fourth-order valence-electron chi connectivity index (χ4n) is 3.74. The van der Waals surface area contributed by atoms with Crippen molar-refractivity contribution in [2.75, 3.05) is 92.6 Å². The molecular weight excluding hydrogens is 392 g/mol. The van der Waals surface area contributed by atoms with Gasteiger partial charge in [-0.15, -0.1) is 0 Å². The first kappa shape index (κ1) is 28.8. The standard InChI is InChI=1S/C25H52N2O4/c1-3-4-5-6-7-8-9-10-11-12-13-27-16-20-30-24-22-28-18-14-26(2)15-19-29-23-25-31-21-17-27/h3-25H2,1-2H3. The van der Waals surface area contributed by atoms with Gasteiger partial charge < -0.3 is 23.8 Å². The number of hydrogen-bond acceptors (Lipinski definition) is 6. The van der Waals surface area contributed by atoms with Crippen LogP contribution in [0.5, 0.6) is 0 Å². The van der Waals surface area contributed by atoms with E-state index >= 15 is 0 Å². The van der Waals surface area contributed by atoms with Gasteiger partial charge in [-0.2, -0.15) is 0 Å². The van der Waals surface area contributed by atoms with Gasteiger partial charge in [0.2, 0.25) is 0 Å². The zero-order valence-electron chi connectivity index (χ0n) is 20.8. The van der Waals surface area contributed by atoms with Crippen LogP contribution in [0.3, 0.4) is 0 Å². The molecule has 0 spiro atoms. The Kier molecular flexibility index (Phi) is 21.3. The number of ether oxygens (including phenoxy) is 4. The largest absolute Gasteiger partial charge is 0.378 e. The third-order valence-electron chi connectivity index (χ3n) is 5.91. The van der Waals surface area contributed by atoms with E-state index in [9.17, 15) is 0 Å². The molecule has 0 aliphatic carbocycles. The molecule has 6 nitrogen and oxygen atoms in total. The van der Waals surface area contributed by atoms with Gasteiger partial charge in [0.15, 0.2) is 0 Å². The normalized spacial score (nSPS) is 20.3. The van der Waals surface area contributed by atoms with Crippen molar-refractivity contribution in [1.82, 2.24) is 9.80 Å². The molecule has 6 heteroatoms. The fraction of sp³-hybridized carbons (Fsp3) is 1.00. The molecular formula is C25H52N2O4. The predicted octanol–water partition coefficient (Wildman–Crippen LogP) is 4.22. The van der Waals surface area contributed by atoms with E-state index in [1.54, 1.807) is 0 Å². The van der Waals surface area contributed by atoms with Crippen LogP contribution in [0.15, 0.2) is 0 Å². The number of rotatable bonds is 11. The first-order chi connectivity index (χ1) is 15.3. The molecule has 1 heterocycles. The molecule has 0 radical (unpaired) electrons. The van der Waals surface area contributed by atoms with Crippen molar-refractivity contribution in [2.45, 2.75) is 71.1 Å². The highest BCUT2D eigenvalue weighted by Crippen LogP contribution is 2.10. The fourth-order valence-corrected chi connectivity index (χ4v) is 3.74. The van der Waals surface area contributed by atoms with Crippen molar-refractivity contribution >= 4 is 0 Å². The van der Waals surface area contributed by atoms with Crippen molar-refractivity contribution in [2.24, 2.45) is 0 Å². The van der Waals surface area contributed by atoms with Gasteiger partial charge in [-0.05, 0) is 20.0 Å². The van der Waals surface area contributed by atoms with Crippen LogP contribution in [-0.4, -0.2) is 102 Å². The summed E-state index contributed by atoms with van der Waals surface area (Å²) in [6, 6.07) is 0. The van der Waals surface area contributed by atoms with Gasteiger partial charge in [-0.3, -0.25) is 4.90 Å². The van der Waals surface area contributed by atoms with Crippen LogP contribution >= 0.6 is 0 Å². The molecule has 0 aromatic heterocycles. The van der Waals surface area contributed by atoms with Crippen molar-refractivity contribution in [3.8, 4) is 0 Å². The lowest BCUT2D eigenvalue weighted by Crippen LogP contribution is -2.33. The Labute approximate surface area is 192 Å². The Morgan fingerprint density at radius 2 is 0.871 bits per heavy atom. The van der Waals surface area contributed by atoms with Gasteiger partial charge in [0.1, 0.15) is 0 Å². The molecule has 186 valence electrons. The second-order valence-electron chi connectivity index (χ2n) is 8.78. The molecule has 0 aromatic rings. The average Bonchev–Trinajstić information content (AvgIpc) is 2.77. The van der Waals surface area contributed by atoms with Crippen LogP contribution in [-0.2, 0) is 18.9 Å². The molecule has 1 rings (SSSR count). The van der Waals surface area contributed by atoms with Crippen molar-refractivity contribution in [3.63, 3.8) is 0 Å². The maximum atomic E-state index is 5.79. The summed E-state index contributed by atoms with van der Waals surface area (Å²) in [7, 11) is 2.10. The summed E-state index contributed by atoms with van der Waals surface area (Å²) < 4.78 is 22.9. The van der Waals surface area contributed by atoms with Crippen LogP contribution in [0.25, 0.3) is 0 Å². The molecule has 1 fully saturated rings. The zero-order chi connectivity index (χ0) is 22.2. The van der Waals surface area contributed by atoms with Crippen LogP contribution < -0.4 is 0 Å². The average molecular weight is 445 g/mol. The van der Waals surface area contributed by atoms with Crippen LogP contribution in [0.2, 0.25) is 0 Å². The van der Waals surface area contributed by atoms with Crippen molar-refractivity contribution in [3.05, 3.63) is 0 Å². The monoisotopic (exact) mass is 444 g/mol. The number of likely N-dealkylation sites (N-methyl/N-ethyl adjacent to an activating group) is 1. The topological polar surface area (TPSA) is 43.4 Å². The summed E-state index contributed by atoms with van der Waals surface area (Å²) in [6.07, 6.45) is 13.8. The molecule has 1 aliphatic heterocycles. The second-order valence-corrected chi connectivity index (χ2v) is 8.78. The SMILES string of the molecule is CCCCCCCCCCCCN1CCOCCOCCN(C)CCOCCOCC1. The lowest BCUT2D eigenvalue weighted by molar-refractivity contribution is 0.0106. The Hall–Kier alpha value is -0.240. The minimum Gasteiger partial charge on any atom is -0.378 e. The van der Waals surface area contributed by atoms with E-state index in [-0.39, 0.29) is 0 Å². The van der Waals surface area contributed by atoms with Crippen molar-refractivity contribution in [1.29, 1.82) is 0 Å². The van der Waals surface area contributed by atoms with Crippen LogP contribution in [0.1, 0.15) is 71.1 Å². The number of hydrogen-bond donors (Lipinski definition) is 0. The van der Waals surface area contributed by atoms with E-state index in [0.717, 1.165) is 59.2 Å². The highest BCUT2D eigenvalue weighted by Gasteiger charge is 2.06. The third kappa shape index (κ3) is 20.1. The van der Waals surface area contributed by atoms with E-state index < -0.39 is 0 Å². The maximum absolute atomic E-state index is 5.79. The van der Waals surface area contributed by atoms with E-state index in [4.69, 9.17) is 18.9 Å². The van der Waals surface area contributed by atoms with Crippen LogP contribution in [0.4, 0.5) is 0 Å². The van der Waals surface area contributed by atoms with Gasteiger partial charge in [0.25, 0.3) is 0 Å². The van der Waals surface area contributed by atoms with E-state index in [2.05, 4.69) is 23.8 Å². The van der Waals surface area contributed by atoms with Gasteiger partial charge in [-0.25, -0.2) is 0 Å². The summed E-state index contributed by atoms with van der Waals surface area (Å²) >= 11 is 0. The summed E-state index contributed by atoms with van der Waals surface area (Å²) in [4.78, 5) is 4.72. The highest BCUT2D eigenvalue weighted by atomic mass is 16.5. The number of unbranched alkanes of at least 4 members (excludes halogenated alkanes) is 9. The molecule has 0 unspecified atom stereocenters. The quantitative estimate of drug-likeness (QED) is 0.445. The van der Waals surface area contributed by atoms with E-state index in [1.807, 2.05) is 0 Å². The number of nitrogens with zero attached hydrogens (tertiary/aromatic N) is 2. The van der Waals surface area contributed by atoms with Gasteiger partial charge in [0, 0.05) is 26.2 Å². The summed E-state index contributed by atoms with van der Waals surface area (Å²) in [5, 5.41) is 0. The predicted molar refractivity (Wildman–Crippen MR) is 129 cm³/mol. The molecule has 0 N–H and O–H groups in total. The first-order valence-corrected chi connectivity index (χ1v) is 13.0. The molecule has 0 amide bonds. The van der Waals surface area contributed by atoms with Gasteiger partial charge >= 0.3 is 0 Å². The highest BCUT2D eigenvalue weighted by molar-refractivity contribution is 4.59. The molecule has 0 bridgehead atoms. The molecule has 0 atom stereocenters. The lowest BCUT2D eigenvalue weighted by Gasteiger charge is -2.22. The molecule has 0 aromatic carbocycles. The Balaban J connectivity index is 2.14. The van der Waals surface area contributed by atoms with Crippen LogP contribution in [0, 0.1) is 0 Å². The zero-order valence-corrected chi connectivity index (χ0v) is 20.8.